The van der Waals surface area contributed by atoms with Crippen molar-refractivity contribution >= 4 is 44.3 Å². The molecule has 0 saturated heterocycles. The summed E-state index contributed by atoms with van der Waals surface area (Å²) in [5.41, 5.74) is 13.5. The highest BCUT2D eigenvalue weighted by Crippen LogP contribution is 2.45. The first-order chi connectivity index (χ1) is 25.7. The van der Waals surface area contributed by atoms with Crippen LogP contribution in [0.3, 0.4) is 0 Å². The fraction of sp³-hybridized carbons (Fsp3) is 0. The molecule has 9 aromatic rings. The van der Waals surface area contributed by atoms with Crippen molar-refractivity contribution in [3.63, 3.8) is 0 Å². The van der Waals surface area contributed by atoms with E-state index in [4.69, 9.17) is 0 Å². The summed E-state index contributed by atoms with van der Waals surface area (Å²) in [5, 5.41) is 12.6. The van der Waals surface area contributed by atoms with Crippen LogP contribution in [0.4, 0.5) is 22.7 Å². The van der Waals surface area contributed by atoms with E-state index in [2.05, 4.69) is 217 Å². The lowest BCUT2D eigenvalue weighted by molar-refractivity contribution is 1.49. The Morgan fingerprint density at radius 3 is 0.981 bits per heavy atom. The maximum atomic E-state index is 3.79. The topological polar surface area (TPSA) is 24.1 Å². The molecule has 0 unspecified atom stereocenters. The molecule has 246 valence electrons. The Kier molecular flexibility index (Phi) is 8.24. The molecule has 52 heavy (non-hydrogen) atoms. The Morgan fingerprint density at radius 2 is 0.577 bits per heavy atom. The molecule has 2 N–H and O–H groups in total. The monoisotopic (exact) mass is 664 g/mol. The van der Waals surface area contributed by atoms with E-state index in [9.17, 15) is 0 Å². The first-order valence-electron chi connectivity index (χ1n) is 17.8. The lowest BCUT2D eigenvalue weighted by Crippen LogP contribution is -2.00. The predicted molar refractivity (Wildman–Crippen MR) is 223 cm³/mol. The van der Waals surface area contributed by atoms with E-state index in [1.165, 1.54) is 43.8 Å². The molecule has 0 amide bonds. The third-order valence-electron chi connectivity index (χ3n) is 9.82. The molecule has 0 saturated carbocycles. The van der Waals surface area contributed by atoms with Gasteiger partial charge in [0.2, 0.25) is 0 Å². The van der Waals surface area contributed by atoms with E-state index in [1.54, 1.807) is 0 Å². The standard InChI is InChI=1S/C50H36N2/c1-3-13-39(14-4-1)49-47(51-45-27-23-37(24-28-45)43-21-19-35-11-7-9-17-41(35)33-43)31-32-48(50(49)40-15-5-2-6-16-40)52-46-29-25-38(26-30-46)44-22-20-36-12-8-10-18-42(36)34-44/h1-34,51-52H. The third kappa shape index (κ3) is 6.30. The molecule has 9 rings (SSSR count). The van der Waals surface area contributed by atoms with Gasteiger partial charge in [-0.05, 0) is 103 Å². The normalized spacial score (nSPS) is 11.1. The number of hydrogen-bond acceptors (Lipinski definition) is 2. The second-order valence-corrected chi connectivity index (χ2v) is 13.2. The van der Waals surface area contributed by atoms with Gasteiger partial charge in [-0.3, -0.25) is 0 Å². The largest absolute Gasteiger partial charge is 0.355 e. The van der Waals surface area contributed by atoms with Crippen molar-refractivity contribution in [1.82, 2.24) is 0 Å². The van der Waals surface area contributed by atoms with Crippen molar-refractivity contribution < 1.29 is 0 Å². The number of rotatable bonds is 8. The zero-order valence-electron chi connectivity index (χ0n) is 28.6. The van der Waals surface area contributed by atoms with Crippen LogP contribution in [0.5, 0.6) is 0 Å². The molecule has 2 nitrogen and oxygen atoms in total. The lowest BCUT2D eigenvalue weighted by Gasteiger charge is -2.22. The van der Waals surface area contributed by atoms with Crippen LogP contribution in [0.15, 0.2) is 206 Å². The van der Waals surface area contributed by atoms with Gasteiger partial charge in [0.25, 0.3) is 0 Å². The molecular weight excluding hydrogens is 629 g/mol. The molecule has 0 aliphatic carbocycles. The summed E-state index contributed by atoms with van der Waals surface area (Å²) in [7, 11) is 0. The Hall–Kier alpha value is -6.90. The summed E-state index contributed by atoms with van der Waals surface area (Å²) in [6.45, 7) is 0. The van der Waals surface area contributed by atoms with Crippen molar-refractivity contribution in [2.75, 3.05) is 10.6 Å². The fourth-order valence-electron chi connectivity index (χ4n) is 7.16. The molecule has 0 aromatic heterocycles. The molecule has 0 heterocycles. The maximum Gasteiger partial charge on any atom is 0.0471 e. The van der Waals surface area contributed by atoms with E-state index in [-0.39, 0.29) is 0 Å². The number of nitrogens with one attached hydrogen (secondary N) is 2. The van der Waals surface area contributed by atoms with Crippen LogP contribution in [-0.2, 0) is 0 Å². The van der Waals surface area contributed by atoms with Crippen molar-refractivity contribution in [3.05, 3.63) is 206 Å². The number of anilines is 4. The molecule has 9 aromatic carbocycles. The van der Waals surface area contributed by atoms with Gasteiger partial charge < -0.3 is 10.6 Å². The van der Waals surface area contributed by atoms with Crippen molar-refractivity contribution in [3.8, 4) is 44.5 Å². The van der Waals surface area contributed by atoms with E-state index < -0.39 is 0 Å². The highest BCUT2D eigenvalue weighted by molar-refractivity contribution is 6.00. The Morgan fingerprint density at radius 1 is 0.231 bits per heavy atom. The smallest absolute Gasteiger partial charge is 0.0471 e. The Balaban J connectivity index is 1.08. The molecule has 0 aliphatic heterocycles. The highest BCUT2D eigenvalue weighted by atomic mass is 14.9. The quantitative estimate of drug-likeness (QED) is 0.169. The van der Waals surface area contributed by atoms with Gasteiger partial charge in [0.05, 0.1) is 0 Å². The first kappa shape index (κ1) is 31.1. The molecule has 0 bridgehead atoms. The van der Waals surface area contributed by atoms with Gasteiger partial charge in [-0.25, -0.2) is 0 Å². The van der Waals surface area contributed by atoms with Gasteiger partial charge in [-0.1, -0.05) is 158 Å². The van der Waals surface area contributed by atoms with Gasteiger partial charge in [0, 0.05) is 33.9 Å². The Labute approximate surface area is 304 Å². The van der Waals surface area contributed by atoms with Crippen LogP contribution < -0.4 is 10.6 Å². The molecule has 0 atom stereocenters. The second-order valence-electron chi connectivity index (χ2n) is 13.2. The summed E-state index contributed by atoms with van der Waals surface area (Å²) in [5.74, 6) is 0. The molecule has 0 radical (unpaired) electrons. The zero-order valence-corrected chi connectivity index (χ0v) is 28.6. The van der Waals surface area contributed by atoms with Crippen LogP contribution in [0.25, 0.3) is 66.1 Å². The van der Waals surface area contributed by atoms with Crippen molar-refractivity contribution in [2.24, 2.45) is 0 Å². The third-order valence-corrected chi connectivity index (χ3v) is 9.82. The average Bonchev–Trinajstić information content (AvgIpc) is 3.22. The second kappa shape index (κ2) is 13.8. The van der Waals surface area contributed by atoms with Crippen LogP contribution in [0, 0.1) is 0 Å². The van der Waals surface area contributed by atoms with E-state index in [0.717, 1.165) is 45.0 Å². The summed E-state index contributed by atoms with van der Waals surface area (Å²) in [6, 6.07) is 73.6. The van der Waals surface area contributed by atoms with E-state index in [1.807, 2.05) is 0 Å². The first-order valence-corrected chi connectivity index (χ1v) is 17.8. The van der Waals surface area contributed by atoms with Crippen LogP contribution in [0.2, 0.25) is 0 Å². The van der Waals surface area contributed by atoms with Gasteiger partial charge in [-0.15, -0.1) is 0 Å². The van der Waals surface area contributed by atoms with Gasteiger partial charge >= 0.3 is 0 Å². The number of fused-ring (bicyclic) bond motifs is 2. The van der Waals surface area contributed by atoms with E-state index >= 15 is 0 Å². The summed E-state index contributed by atoms with van der Waals surface area (Å²) in [4.78, 5) is 0. The zero-order chi connectivity index (χ0) is 34.7. The minimum atomic E-state index is 1.03. The highest BCUT2D eigenvalue weighted by Gasteiger charge is 2.18. The van der Waals surface area contributed by atoms with E-state index in [0.29, 0.717) is 0 Å². The molecule has 0 fully saturated rings. The van der Waals surface area contributed by atoms with Crippen LogP contribution in [-0.4, -0.2) is 0 Å². The summed E-state index contributed by atoms with van der Waals surface area (Å²) in [6.07, 6.45) is 0. The Bertz CT molecular complexity index is 2460. The summed E-state index contributed by atoms with van der Waals surface area (Å²) < 4.78 is 0. The van der Waals surface area contributed by atoms with Crippen LogP contribution in [0.1, 0.15) is 0 Å². The molecular formula is C50H36N2. The van der Waals surface area contributed by atoms with Gasteiger partial charge in [0.1, 0.15) is 0 Å². The summed E-state index contributed by atoms with van der Waals surface area (Å²) >= 11 is 0. The number of hydrogen-bond donors (Lipinski definition) is 2. The predicted octanol–water partition coefficient (Wildman–Crippen LogP) is 14.1. The minimum Gasteiger partial charge on any atom is -0.355 e. The minimum absolute atomic E-state index is 1.03. The molecule has 0 aliphatic rings. The molecule has 0 spiro atoms. The van der Waals surface area contributed by atoms with Crippen molar-refractivity contribution in [1.29, 1.82) is 0 Å². The fourth-order valence-corrected chi connectivity index (χ4v) is 7.16. The SMILES string of the molecule is c1ccc(-c2c(Nc3ccc(-c4ccc5ccccc5c4)cc3)ccc(Nc3ccc(-c4ccc5ccccc5c4)cc3)c2-c2ccccc2)cc1. The lowest BCUT2D eigenvalue weighted by atomic mass is 9.91. The average molecular weight is 665 g/mol. The maximum absolute atomic E-state index is 3.79. The number of benzene rings is 9. The van der Waals surface area contributed by atoms with Gasteiger partial charge in [-0.2, -0.15) is 0 Å². The van der Waals surface area contributed by atoms with Crippen molar-refractivity contribution in [2.45, 2.75) is 0 Å². The molecule has 2 heteroatoms. The van der Waals surface area contributed by atoms with Crippen LogP contribution >= 0.6 is 0 Å². The van der Waals surface area contributed by atoms with Gasteiger partial charge in [0.15, 0.2) is 0 Å².